The first-order chi connectivity index (χ1) is 7.88. The van der Waals surface area contributed by atoms with Crippen LogP contribution in [-0.4, -0.2) is 18.0 Å². The van der Waals surface area contributed by atoms with Crippen molar-refractivity contribution in [1.29, 1.82) is 0 Å². The van der Waals surface area contributed by atoms with E-state index in [0.29, 0.717) is 0 Å². The van der Waals surface area contributed by atoms with Crippen molar-refractivity contribution in [2.75, 3.05) is 13.1 Å². The van der Waals surface area contributed by atoms with Gasteiger partial charge in [0, 0.05) is 11.4 Å². The van der Waals surface area contributed by atoms with E-state index in [-0.39, 0.29) is 0 Å². The summed E-state index contributed by atoms with van der Waals surface area (Å²) in [7, 11) is 0. The van der Waals surface area contributed by atoms with Crippen molar-refractivity contribution >= 4 is 11.3 Å². The van der Waals surface area contributed by atoms with E-state index in [0.717, 1.165) is 6.54 Å². The Kier molecular flexibility index (Phi) is 6.22. The van der Waals surface area contributed by atoms with E-state index in [2.05, 4.69) is 28.9 Å². The molecule has 1 aromatic rings. The normalized spacial score (nSPS) is 14.9. The monoisotopic (exact) mass is 235 g/mol. The lowest BCUT2D eigenvalue weighted by Gasteiger charge is -2.12. The molecule has 0 bridgehead atoms. The summed E-state index contributed by atoms with van der Waals surface area (Å²) in [4.78, 5) is 5.17. The number of hydrogen-bond donors (Lipinski definition) is 0. The molecule has 0 radical (unpaired) electrons. The van der Waals surface area contributed by atoms with Crippen LogP contribution in [0.15, 0.2) is 12.1 Å². The van der Waals surface area contributed by atoms with Crippen LogP contribution in [0.25, 0.3) is 0 Å². The summed E-state index contributed by atoms with van der Waals surface area (Å²) >= 11 is 1.83. The van der Waals surface area contributed by atoms with Gasteiger partial charge in [0.15, 0.2) is 0 Å². The molecule has 16 heavy (non-hydrogen) atoms. The number of hydrogen-bond acceptors (Lipinski definition) is 2. The van der Waals surface area contributed by atoms with Crippen molar-refractivity contribution in [3.05, 3.63) is 21.9 Å². The third-order valence-corrected chi connectivity index (χ3v) is 3.47. The second kappa shape index (κ2) is 7.49. The van der Waals surface area contributed by atoms with Crippen LogP contribution in [0.4, 0.5) is 0 Å². The molecule has 1 aromatic heterocycles. The third-order valence-electron chi connectivity index (χ3n) is 2.49. The lowest BCUT2D eigenvalue weighted by atomic mass is 10.4. The molecule has 0 aromatic carbocycles. The molecule has 1 nitrogen and oxygen atoms in total. The van der Waals surface area contributed by atoms with Crippen LogP contribution in [0, 0.1) is 11.8 Å². The van der Waals surface area contributed by atoms with Crippen LogP contribution >= 0.6 is 11.3 Å². The van der Waals surface area contributed by atoms with Gasteiger partial charge in [0.1, 0.15) is 0 Å². The fourth-order valence-electron chi connectivity index (χ4n) is 1.81. The Hall–Kier alpha value is -0.780. The van der Waals surface area contributed by atoms with Crippen LogP contribution in [-0.2, 0) is 6.54 Å². The molecule has 1 saturated heterocycles. The predicted octanol–water partition coefficient (Wildman–Crippen LogP) is 3.74. The molecule has 0 unspecified atom stereocenters. The second-order valence-electron chi connectivity index (χ2n) is 3.62. The Morgan fingerprint density at radius 1 is 1.25 bits per heavy atom. The van der Waals surface area contributed by atoms with Gasteiger partial charge in [0.05, 0.1) is 4.88 Å². The highest BCUT2D eigenvalue weighted by atomic mass is 32.1. The first-order valence-electron chi connectivity index (χ1n) is 6.12. The van der Waals surface area contributed by atoms with Gasteiger partial charge in [-0.25, -0.2) is 0 Å². The predicted molar refractivity (Wildman–Crippen MR) is 72.7 cm³/mol. The highest BCUT2D eigenvalue weighted by molar-refractivity contribution is 7.12. The Labute approximate surface area is 103 Å². The van der Waals surface area contributed by atoms with Crippen molar-refractivity contribution in [3.8, 4) is 11.8 Å². The van der Waals surface area contributed by atoms with Crippen LogP contribution in [0.1, 0.15) is 43.4 Å². The highest BCUT2D eigenvalue weighted by Gasteiger charge is 2.12. The summed E-state index contributed by atoms with van der Waals surface area (Å²) in [6, 6.07) is 4.34. The van der Waals surface area contributed by atoms with Gasteiger partial charge in [0.2, 0.25) is 0 Å². The largest absolute Gasteiger partial charge is 0.298 e. The smallest absolute Gasteiger partial charge is 0.0771 e. The van der Waals surface area contributed by atoms with Gasteiger partial charge in [-0.05, 0) is 45.0 Å². The number of thiophene rings is 1. The molecule has 2 heteroatoms. The van der Waals surface area contributed by atoms with Gasteiger partial charge < -0.3 is 0 Å². The SMILES string of the molecule is CC.CC#Cc1ccc(CN2CCCC2)s1. The standard InChI is InChI=1S/C12H15NS.C2H6/c1-2-5-11-6-7-12(14-11)10-13-8-3-4-9-13;1-2/h6-7H,3-4,8-10H2,1H3;1-2H3. The summed E-state index contributed by atoms with van der Waals surface area (Å²) < 4.78 is 0. The molecule has 0 amide bonds. The molecule has 2 heterocycles. The van der Waals surface area contributed by atoms with Gasteiger partial charge in [-0.15, -0.1) is 17.3 Å². The van der Waals surface area contributed by atoms with Crippen molar-refractivity contribution < 1.29 is 0 Å². The Balaban J connectivity index is 0.000000606. The molecule has 1 aliphatic rings. The van der Waals surface area contributed by atoms with Gasteiger partial charge >= 0.3 is 0 Å². The van der Waals surface area contributed by atoms with Crippen molar-refractivity contribution in [2.24, 2.45) is 0 Å². The Morgan fingerprint density at radius 3 is 2.56 bits per heavy atom. The molecule has 0 atom stereocenters. The maximum Gasteiger partial charge on any atom is 0.0771 e. The van der Waals surface area contributed by atoms with Crippen LogP contribution in [0.5, 0.6) is 0 Å². The molecule has 0 spiro atoms. The van der Waals surface area contributed by atoms with Gasteiger partial charge in [-0.2, -0.15) is 0 Å². The first-order valence-corrected chi connectivity index (χ1v) is 6.94. The minimum atomic E-state index is 1.12. The van der Waals surface area contributed by atoms with E-state index in [1.54, 1.807) is 0 Å². The molecule has 2 rings (SSSR count). The number of likely N-dealkylation sites (tertiary alicyclic amines) is 1. The molecule has 0 N–H and O–H groups in total. The van der Waals surface area contributed by atoms with E-state index in [1.165, 1.54) is 35.7 Å². The average molecular weight is 235 g/mol. The maximum atomic E-state index is 3.10. The summed E-state index contributed by atoms with van der Waals surface area (Å²) in [6.07, 6.45) is 2.74. The van der Waals surface area contributed by atoms with Crippen molar-refractivity contribution in [2.45, 2.75) is 40.2 Å². The molecule has 1 aliphatic heterocycles. The maximum absolute atomic E-state index is 3.10. The molecule has 88 valence electrons. The molecule has 0 aliphatic carbocycles. The lowest BCUT2D eigenvalue weighted by Crippen LogP contribution is -2.17. The van der Waals surface area contributed by atoms with E-state index < -0.39 is 0 Å². The fraction of sp³-hybridized carbons (Fsp3) is 0.571. The summed E-state index contributed by atoms with van der Waals surface area (Å²) in [5.41, 5.74) is 0. The van der Waals surface area contributed by atoms with Crippen molar-refractivity contribution in [1.82, 2.24) is 4.90 Å². The average Bonchev–Trinajstić information content (AvgIpc) is 2.95. The first kappa shape index (κ1) is 13.3. The molecular weight excluding hydrogens is 214 g/mol. The minimum Gasteiger partial charge on any atom is -0.298 e. The van der Waals surface area contributed by atoms with E-state index in [1.807, 2.05) is 32.1 Å². The molecule has 0 saturated carbocycles. The van der Waals surface area contributed by atoms with E-state index in [4.69, 9.17) is 0 Å². The lowest BCUT2D eigenvalue weighted by molar-refractivity contribution is 0.334. The zero-order valence-corrected chi connectivity index (χ0v) is 11.4. The van der Waals surface area contributed by atoms with Crippen LogP contribution in [0.3, 0.4) is 0 Å². The summed E-state index contributed by atoms with van der Waals surface area (Å²) in [5.74, 6) is 6.04. The molecular formula is C14H21NS. The second-order valence-corrected chi connectivity index (χ2v) is 4.79. The Bertz CT molecular complexity index is 350. The van der Waals surface area contributed by atoms with Gasteiger partial charge in [-0.1, -0.05) is 19.8 Å². The topological polar surface area (TPSA) is 3.24 Å². The van der Waals surface area contributed by atoms with Crippen LogP contribution < -0.4 is 0 Å². The van der Waals surface area contributed by atoms with Crippen LogP contribution in [0.2, 0.25) is 0 Å². The number of rotatable bonds is 2. The fourth-order valence-corrected chi connectivity index (χ4v) is 2.77. The third kappa shape index (κ3) is 4.00. The van der Waals surface area contributed by atoms with Gasteiger partial charge in [-0.3, -0.25) is 4.90 Å². The van der Waals surface area contributed by atoms with E-state index in [9.17, 15) is 0 Å². The Morgan fingerprint density at radius 2 is 1.94 bits per heavy atom. The zero-order valence-electron chi connectivity index (χ0n) is 10.5. The summed E-state index contributed by atoms with van der Waals surface area (Å²) in [5, 5.41) is 0. The number of nitrogens with zero attached hydrogens (tertiary/aromatic N) is 1. The quantitative estimate of drug-likeness (QED) is 0.706. The van der Waals surface area contributed by atoms with Crippen molar-refractivity contribution in [3.63, 3.8) is 0 Å². The highest BCUT2D eigenvalue weighted by Crippen LogP contribution is 2.19. The summed E-state index contributed by atoms with van der Waals surface area (Å²) in [6.45, 7) is 9.55. The zero-order chi connectivity index (χ0) is 11.8. The van der Waals surface area contributed by atoms with E-state index >= 15 is 0 Å². The minimum absolute atomic E-state index is 1.12. The van der Waals surface area contributed by atoms with Gasteiger partial charge in [0.25, 0.3) is 0 Å². The molecule has 1 fully saturated rings.